The van der Waals surface area contributed by atoms with Gasteiger partial charge in [0.1, 0.15) is 23.9 Å². The number of primary amides is 2. The number of aromatic nitrogens is 1. The Morgan fingerprint density at radius 2 is 1.39 bits per heavy atom. The van der Waals surface area contributed by atoms with E-state index < -0.39 is 66.1 Å². The van der Waals surface area contributed by atoms with Crippen LogP contribution in [-0.2, 0) is 41.6 Å². The fourth-order valence-corrected chi connectivity index (χ4v) is 4.49. The molecule has 12 N–H and O–H groups in total. The molecule has 0 aliphatic carbocycles. The Kier molecular flexibility index (Phi) is 11.4. The SMILES string of the molecule is NC(=O)CCC(NC(=O)C(Cc1ccc(O)cc1)NC(=O)C(N)CC(N)=O)C(=O)NC(Cc1c[nH]c2ccccc12)C(=O)O. The summed E-state index contributed by atoms with van der Waals surface area (Å²) in [5, 5.41) is 27.5. The molecule has 0 spiro atoms. The molecular formula is C29H35N7O8. The second-order valence-corrected chi connectivity index (χ2v) is 10.2. The molecular weight excluding hydrogens is 574 g/mol. The first-order valence-electron chi connectivity index (χ1n) is 13.6. The number of benzene rings is 2. The lowest BCUT2D eigenvalue weighted by molar-refractivity contribution is -0.142. The van der Waals surface area contributed by atoms with Gasteiger partial charge >= 0.3 is 5.97 Å². The van der Waals surface area contributed by atoms with E-state index in [2.05, 4.69) is 20.9 Å². The van der Waals surface area contributed by atoms with Crippen LogP contribution in [0.15, 0.2) is 54.7 Å². The summed E-state index contributed by atoms with van der Waals surface area (Å²) < 4.78 is 0. The number of aliphatic carboxylic acids is 1. The lowest BCUT2D eigenvalue weighted by Crippen LogP contribution is -2.58. The minimum Gasteiger partial charge on any atom is -0.508 e. The number of hydrogen-bond acceptors (Lipinski definition) is 8. The number of nitrogens with one attached hydrogen (secondary N) is 4. The van der Waals surface area contributed by atoms with E-state index in [1.165, 1.54) is 24.3 Å². The molecule has 0 fully saturated rings. The number of carbonyl (C=O) groups is 6. The Morgan fingerprint density at radius 1 is 0.773 bits per heavy atom. The third-order valence-corrected chi connectivity index (χ3v) is 6.79. The molecule has 1 heterocycles. The number of carboxylic acid groups (broad SMARTS) is 1. The topological polar surface area (TPSA) is 273 Å². The number of hydrogen-bond donors (Lipinski definition) is 9. The van der Waals surface area contributed by atoms with Crippen molar-refractivity contribution in [2.24, 2.45) is 17.2 Å². The summed E-state index contributed by atoms with van der Waals surface area (Å²) in [6, 6.07) is 7.45. The maximum Gasteiger partial charge on any atom is 0.326 e. The van der Waals surface area contributed by atoms with Crippen molar-refractivity contribution in [2.45, 2.75) is 56.3 Å². The van der Waals surface area contributed by atoms with Crippen LogP contribution in [0.3, 0.4) is 0 Å². The lowest BCUT2D eigenvalue weighted by atomic mass is 10.0. The lowest BCUT2D eigenvalue weighted by Gasteiger charge is -2.25. The number of phenolic OH excluding ortho intramolecular Hbond substituents is 1. The van der Waals surface area contributed by atoms with Crippen LogP contribution < -0.4 is 33.2 Å². The van der Waals surface area contributed by atoms with Crippen LogP contribution >= 0.6 is 0 Å². The van der Waals surface area contributed by atoms with E-state index >= 15 is 0 Å². The van der Waals surface area contributed by atoms with Crippen molar-refractivity contribution in [3.8, 4) is 5.75 Å². The molecule has 0 bridgehead atoms. The number of phenols is 1. The minimum atomic E-state index is -1.42. The third-order valence-electron chi connectivity index (χ3n) is 6.79. The van der Waals surface area contributed by atoms with Crippen LogP contribution in [0.25, 0.3) is 10.9 Å². The molecule has 0 radical (unpaired) electrons. The average Bonchev–Trinajstić information content (AvgIpc) is 3.37. The normalized spacial score (nSPS) is 13.7. The highest BCUT2D eigenvalue weighted by molar-refractivity contribution is 5.95. The third kappa shape index (κ3) is 9.55. The Labute approximate surface area is 251 Å². The molecule has 0 saturated carbocycles. The number of nitrogens with two attached hydrogens (primary N) is 3. The van der Waals surface area contributed by atoms with Gasteiger partial charge in [0.25, 0.3) is 0 Å². The van der Waals surface area contributed by atoms with Gasteiger partial charge in [-0.3, -0.25) is 24.0 Å². The molecule has 0 aliphatic rings. The fourth-order valence-electron chi connectivity index (χ4n) is 4.49. The molecule has 15 heteroatoms. The van der Waals surface area contributed by atoms with Gasteiger partial charge in [-0.1, -0.05) is 30.3 Å². The van der Waals surface area contributed by atoms with Crippen LogP contribution in [0.2, 0.25) is 0 Å². The van der Waals surface area contributed by atoms with Gasteiger partial charge in [-0.15, -0.1) is 0 Å². The maximum atomic E-state index is 13.5. The summed E-state index contributed by atoms with van der Waals surface area (Å²) in [5.74, 6) is -5.60. The summed E-state index contributed by atoms with van der Waals surface area (Å²) in [6.07, 6.45) is 0.349. The first-order valence-corrected chi connectivity index (χ1v) is 13.6. The summed E-state index contributed by atoms with van der Waals surface area (Å²) in [7, 11) is 0. The van der Waals surface area contributed by atoms with Crippen molar-refractivity contribution >= 4 is 46.4 Å². The van der Waals surface area contributed by atoms with Crippen LogP contribution in [0.5, 0.6) is 5.75 Å². The molecule has 15 nitrogen and oxygen atoms in total. The molecule has 0 saturated heterocycles. The van der Waals surface area contributed by atoms with Gasteiger partial charge in [0.15, 0.2) is 0 Å². The second-order valence-electron chi connectivity index (χ2n) is 10.2. The maximum absolute atomic E-state index is 13.5. The van der Waals surface area contributed by atoms with Crippen molar-refractivity contribution in [3.63, 3.8) is 0 Å². The Hall–Kier alpha value is -5.44. The number of amides is 5. The first kappa shape index (κ1) is 33.1. The highest BCUT2D eigenvalue weighted by Gasteiger charge is 2.31. The zero-order valence-electron chi connectivity index (χ0n) is 23.6. The molecule has 234 valence electrons. The minimum absolute atomic E-state index is 0.0360. The van der Waals surface area contributed by atoms with Crippen molar-refractivity contribution in [3.05, 3.63) is 65.9 Å². The van der Waals surface area contributed by atoms with Crippen molar-refractivity contribution < 1.29 is 39.0 Å². The average molecular weight is 610 g/mol. The zero-order valence-corrected chi connectivity index (χ0v) is 23.6. The van der Waals surface area contributed by atoms with E-state index in [1.807, 2.05) is 12.1 Å². The number of aromatic amines is 1. The van der Waals surface area contributed by atoms with Crippen molar-refractivity contribution in [2.75, 3.05) is 0 Å². The monoisotopic (exact) mass is 609 g/mol. The van der Waals surface area contributed by atoms with Crippen LogP contribution in [-0.4, -0.2) is 74.9 Å². The van der Waals surface area contributed by atoms with E-state index in [4.69, 9.17) is 17.2 Å². The largest absolute Gasteiger partial charge is 0.508 e. The molecule has 3 aromatic rings. The number of para-hydroxylation sites is 1. The van der Waals surface area contributed by atoms with E-state index in [0.29, 0.717) is 11.1 Å². The standard InChI is InChI=1S/C29H35N7O8/c30-19(13-25(32)39)26(40)35-22(11-15-5-7-17(37)8-6-15)28(42)34-21(9-10-24(31)38)27(41)36-23(29(43)44)12-16-14-33-20-4-2-1-3-18(16)20/h1-8,14,19,21-23,33,37H,9-13,30H2,(H2,31,38)(H2,32,39)(H,34,42)(H,35,40)(H,36,41)(H,43,44). The van der Waals surface area contributed by atoms with Gasteiger partial charge in [0.2, 0.25) is 29.5 Å². The van der Waals surface area contributed by atoms with Crippen LogP contribution in [0.1, 0.15) is 30.4 Å². The summed E-state index contributed by atoms with van der Waals surface area (Å²) >= 11 is 0. The van der Waals surface area contributed by atoms with E-state index in [0.717, 1.165) is 10.9 Å². The highest BCUT2D eigenvalue weighted by Crippen LogP contribution is 2.19. The number of aromatic hydroxyl groups is 1. The number of rotatable bonds is 16. The number of carbonyl (C=O) groups excluding carboxylic acids is 5. The van der Waals surface area contributed by atoms with E-state index in [1.54, 1.807) is 18.3 Å². The summed E-state index contributed by atoms with van der Waals surface area (Å²) in [5.41, 5.74) is 18.0. The summed E-state index contributed by atoms with van der Waals surface area (Å²) in [4.78, 5) is 77.4. The van der Waals surface area contributed by atoms with Crippen LogP contribution in [0, 0.1) is 0 Å². The Balaban J connectivity index is 1.81. The van der Waals surface area contributed by atoms with Gasteiger partial charge in [-0.25, -0.2) is 4.79 Å². The number of H-pyrrole nitrogens is 1. The molecule has 1 aromatic heterocycles. The Bertz CT molecular complexity index is 1520. The van der Waals surface area contributed by atoms with E-state index in [-0.39, 0.29) is 31.4 Å². The van der Waals surface area contributed by atoms with Gasteiger partial charge in [-0.2, -0.15) is 0 Å². The molecule has 4 atom stereocenters. The fraction of sp³-hybridized carbons (Fsp3) is 0.310. The van der Waals surface area contributed by atoms with Gasteiger partial charge in [0, 0.05) is 36.4 Å². The van der Waals surface area contributed by atoms with Gasteiger partial charge in [-0.05, 0) is 35.7 Å². The molecule has 5 amide bonds. The molecule has 3 rings (SSSR count). The Morgan fingerprint density at radius 3 is 2.02 bits per heavy atom. The van der Waals surface area contributed by atoms with Crippen LogP contribution in [0.4, 0.5) is 0 Å². The van der Waals surface area contributed by atoms with Gasteiger partial charge in [0.05, 0.1) is 12.5 Å². The molecule has 0 aliphatic heterocycles. The zero-order chi connectivity index (χ0) is 32.4. The first-order chi connectivity index (χ1) is 20.8. The van der Waals surface area contributed by atoms with Crippen molar-refractivity contribution in [1.29, 1.82) is 0 Å². The number of fused-ring (bicyclic) bond motifs is 1. The highest BCUT2D eigenvalue weighted by atomic mass is 16.4. The molecule has 44 heavy (non-hydrogen) atoms. The smallest absolute Gasteiger partial charge is 0.326 e. The predicted molar refractivity (Wildman–Crippen MR) is 157 cm³/mol. The second kappa shape index (κ2) is 15.2. The molecule has 2 aromatic carbocycles. The molecule has 4 unspecified atom stereocenters. The number of carboxylic acids is 1. The van der Waals surface area contributed by atoms with Crippen molar-refractivity contribution in [1.82, 2.24) is 20.9 Å². The quantitative estimate of drug-likeness (QED) is 0.0929. The van der Waals surface area contributed by atoms with Gasteiger partial charge < -0.3 is 48.3 Å². The predicted octanol–water partition coefficient (Wildman–Crippen LogP) is -1.33. The van der Waals surface area contributed by atoms with E-state index in [9.17, 15) is 39.0 Å². The summed E-state index contributed by atoms with van der Waals surface area (Å²) in [6.45, 7) is 0.